The van der Waals surface area contributed by atoms with Gasteiger partial charge in [0.1, 0.15) is 18.1 Å². The second kappa shape index (κ2) is 8.77. The van der Waals surface area contributed by atoms with Gasteiger partial charge in [0.15, 0.2) is 0 Å². The number of unbranched alkanes of at least 4 members (excludes halogenated alkanes) is 4. The fourth-order valence-electron chi connectivity index (χ4n) is 3.47. The van der Waals surface area contributed by atoms with Gasteiger partial charge in [-0.1, -0.05) is 18.9 Å². The number of benzene rings is 1. The van der Waals surface area contributed by atoms with Crippen molar-refractivity contribution in [1.29, 1.82) is 0 Å². The van der Waals surface area contributed by atoms with Crippen molar-refractivity contribution >= 4 is 29.9 Å². The summed E-state index contributed by atoms with van der Waals surface area (Å²) in [5, 5.41) is 2.17. The Labute approximate surface area is 162 Å². The molecule has 28 heavy (non-hydrogen) atoms. The smallest absolute Gasteiger partial charge is 0.266 e. The van der Waals surface area contributed by atoms with E-state index < -0.39 is 29.7 Å². The number of carbonyl (C=O) groups excluding carboxylic acids is 5. The van der Waals surface area contributed by atoms with Crippen LogP contribution in [0, 0.1) is 0 Å². The van der Waals surface area contributed by atoms with E-state index in [-0.39, 0.29) is 24.0 Å². The monoisotopic (exact) mass is 386 g/mol. The van der Waals surface area contributed by atoms with Crippen LogP contribution in [-0.2, 0) is 14.4 Å². The molecule has 8 nitrogen and oxygen atoms in total. The predicted molar refractivity (Wildman–Crippen MR) is 97.8 cm³/mol. The lowest BCUT2D eigenvalue weighted by atomic mass is 10.0. The number of rotatable bonds is 9. The molecule has 3 rings (SSSR count). The number of amides is 4. The van der Waals surface area contributed by atoms with Crippen LogP contribution in [0.1, 0.15) is 65.7 Å². The maximum atomic E-state index is 12.9. The molecular formula is C20H22N2O6. The maximum absolute atomic E-state index is 12.9. The molecule has 1 fully saturated rings. The van der Waals surface area contributed by atoms with Crippen LogP contribution < -0.4 is 10.1 Å². The van der Waals surface area contributed by atoms with E-state index in [0.717, 1.165) is 36.9 Å². The first-order valence-electron chi connectivity index (χ1n) is 9.45. The van der Waals surface area contributed by atoms with Gasteiger partial charge in [0, 0.05) is 12.8 Å². The summed E-state index contributed by atoms with van der Waals surface area (Å²) in [6.07, 6.45) is 5.10. The van der Waals surface area contributed by atoms with E-state index in [2.05, 4.69) is 5.32 Å². The van der Waals surface area contributed by atoms with Crippen LogP contribution in [0.3, 0.4) is 0 Å². The molecule has 0 spiro atoms. The molecule has 2 heterocycles. The molecule has 1 unspecified atom stereocenters. The van der Waals surface area contributed by atoms with E-state index in [1.165, 1.54) is 6.07 Å². The van der Waals surface area contributed by atoms with Crippen LogP contribution in [0.2, 0.25) is 0 Å². The minimum absolute atomic E-state index is 0.0806. The van der Waals surface area contributed by atoms with E-state index >= 15 is 0 Å². The highest BCUT2D eigenvalue weighted by Crippen LogP contribution is 2.33. The Morgan fingerprint density at radius 1 is 1.07 bits per heavy atom. The van der Waals surface area contributed by atoms with Gasteiger partial charge in [0.2, 0.25) is 11.8 Å². The highest BCUT2D eigenvalue weighted by Gasteiger charge is 2.45. The van der Waals surface area contributed by atoms with Gasteiger partial charge in [0.05, 0.1) is 17.7 Å². The first kappa shape index (κ1) is 19.7. The zero-order valence-electron chi connectivity index (χ0n) is 15.4. The molecule has 0 radical (unpaired) electrons. The minimum atomic E-state index is -0.990. The molecule has 1 N–H and O–H groups in total. The van der Waals surface area contributed by atoms with E-state index in [0.29, 0.717) is 18.8 Å². The summed E-state index contributed by atoms with van der Waals surface area (Å²) in [4.78, 5) is 60.3. The third-order valence-electron chi connectivity index (χ3n) is 4.90. The van der Waals surface area contributed by atoms with Gasteiger partial charge in [-0.25, -0.2) is 0 Å². The lowest BCUT2D eigenvalue weighted by Crippen LogP contribution is -2.54. The lowest BCUT2D eigenvalue weighted by Gasteiger charge is -2.27. The normalized spacial score (nSPS) is 18.9. The highest BCUT2D eigenvalue weighted by atomic mass is 16.5. The van der Waals surface area contributed by atoms with Gasteiger partial charge >= 0.3 is 0 Å². The number of carbonyl (C=O) groups is 5. The Balaban J connectivity index is 1.67. The number of nitrogens with one attached hydrogen (secondary N) is 1. The lowest BCUT2D eigenvalue weighted by molar-refractivity contribution is -0.136. The number of imide groups is 2. The molecule has 0 aliphatic carbocycles. The third kappa shape index (κ3) is 3.95. The van der Waals surface area contributed by atoms with Gasteiger partial charge in [-0.3, -0.25) is 29.4 Å². The minimum Gasteiger partial charge on any atom is -0.493 e. The Bertz CT molecular complexity index is 819. The van der Waals surface area contributed by atoms with E-state index in [9.17, 15) is 24.0 Å². The summed E-state index contributed by atoms with van der Waals surface area (Å²) in [5.74, 6) is -1.85. The van der Waals surface area contributed by atoms with Crippen LogP contribution in [0.4, 0.5) is 0 Å². The molecule has 0 saturated carbocycles. The van der Waals surface area contributed by atoms with Crippen molar-refractivity contribution < 1.29 is 28.7 Å². The Hall–Kier alpha value is -3.03. The van der Waals surface area contributed by atoms with Crippen molar-refractivity contribution in [1.82, 2.24) is 10.2 Å². The molecule has 8 heteroatoms. The Morgan fingerprint density at radius 2 is 1.86 bits per heavy atom. The number of ether oxygens (including phenoxy) is 1. The fraction of sp³-hybridized carbons (Fsp3) is 0.450. The molecule has 1 atom stereocenters. The summed E-state index contributed by atoms with van der Waals surface area (Å²) >= 11 is 0. The van der Waals surface area contributed by atoms with E-state index in [1.54, 1.807) is 12.1 Å². The summed E-state index contributed by atoms with van der Waals surface area (Å²) in [6.45, 7) is 0.386. The average molecular weight is 386 g/mol. The van der Waals surface area contributed by atoms with Crippen LogP contribution in [0.25, 0.3) is 0 Å². The second-order valence-corrected chi connectivity index (χ2v) is 6.84. The number of nitrogens with zero attached hydrogens (tertiary/aromatic N) is 1. The summed E-state index contributed by atoms with van der Waals surface area (Å²) in [7, 11) is 0. The average Bonchev–Trinajstić information content (AvgIpc) is 2.93. The molecular weight excluding hydrogens is 364 g/mol. The van der Waals surface area contributed by atoms with Crippen molar-refractivity contribution in [3.8, 4) is 5.75 Å². The number of aldehydes is 1. The van der Waals surface area contributed by atoms with Crippen molar-refractivity contribution in [3.63, 3.8) is 0 Å². The van der Waals surface area contributed by atoms with Crippen molar-refractivity contribution in [2.45, 2.75) is 51.0 Å². The molecule has 2 aliphatic heterocycles. The van der Waals surface area contributed by atoms with Crippen LogP contribution >= 0.6 is 0 Å². The number of piperidine rings is 1. The molecule has 2 aliphatic rings. The molecule has 1 aromatic rings. The second-order valence-electron chi connectivity index (χ2n) is 6.84. The van der Waals surface area contributed by atoms with Gasteiger partial charge < -0.3 is 9.53 Å². The first-order chi connectivity index (χ1) is 13.5. The van der Waals surface area contributed by atoms with E-state index in [1.807, 2.05) is 0 Å². The Morgan fingerprint density at radius 3 is 2.61 bits per heavy atom. The van der Waals surface area contributed by atoms with Crippen molar-refractivity contribution in [3.05, 3.63) is 29.3 Å². The molecule has 4 amide bonds. The third-order valence-corrected chi connectivity index (χ3v) is 4.90. The number of hydrogen-bond acceptors (Lipinski definition) is 6. The van der Waals surface area contributed by atoms with E-state index in [4.69, 9.17) is 4.74 Å². The summed E-state index contributed by atoms with van der Waals surface area (Å²) < 4.78 is 5.73. The van der Waals surface area contributed by atoms with Crippen LogP contribution in [0.15, 0.2) is 18.2 Å². The summed E-state index contributed by atoms with van der Waals surface area (Å²) in [6, 6.07) is 3.81. The van der Waals surface area contributed by atoms with Crippen LogP contribution in [-0.4, -0.2) is 47.5 Å². The SMILES string of the molecule is O=CCCCCCCOc1cccc2c1C(=O)N(C1CCC(=O)NC1=O)C2=O. The quantitative estimate of drug-likeness (QED) is 0.392. The van der Waals surface area contributed by atoms with Gasteiger partial charge in [0.25, 0.3) is 11.8 Å². The topological polar surface area (TPSA) is 110 Å². The molecule has 1 aromatic carbocycles. The fourth-order valence-corrected chi connectivity index (χ4v) is 3.47. The van der Waals surface area contributed by atoms with Gasteiger partial charge in [-0.2, -0.15) is 0 Å². The molecule has 0 aromatic heterocycles. The molecule has 1 saturated heterocycles. The number of hydrogen-bond donors (Lipinski definition) is 1. The van der Waals surface area contributed by atoms with Crippen molar-refractivity contribution in [2.75, 3.05) is 6.61 Å². The first-order valence-corrected chi connectivity index (χ1v) is 9.45. The highest BCUT2D eigenvalue weighted by molar-refractivity contribution is 6.24. The van der Waals surface area contributed by atoms with Crippen LogP contribution in [0.5, 0.6) is 5.75 Å². The summed E-state index contributed by atoms with van der Waals surface area (Å²) in [5.41, 5.74) is 0.372. The Kier molecular flexibility index (Phi) is 6.18. The molecule has 148 valence electrons. The van der Waals surface area contributed by atoms with Crippen molar-refractivity contribution in [2.24, 2.45) is 0 Å². The van der Waals surface area contributed by atoms with Gasteiger partial charge in [-0.15, -0.1) is 0 Å². The zero-order valence-corrected chi connectivity index (χ0v) is 15.4. The predicted octanol–water partition coefficient (Wildman–Crippen LogP) is 1.62. The largest absolute Gasteiger partial charge is 0.493 e. The zero-order chi connectivity index (χ0) is 20.1. The number of fused-ring (bicyclic) bond motifs is 1. The molecule has 0 bridgehead atoms. The maximum Gasteiger partial charge on any atom is 0.266 e. The standard InChI is InChI=1S/C20H22N2O6/c23-11-4-2-1-3-5-12-28-15-8-6-7-13-17(15)20(27)22(19(13)26)14-9-10-16(24)21-18(14)25/h6-8,11,14H,1-5,9-10,12H2,(H,21,24,25). The van der Waals surface area contributed by atoms with Gasteiger partial charge in [-0.05, 0) is 31.4 Å².